The number of carbonyl (C=O) groups is 3. The number of benzene rings is 2. The summed E-state index contributed by atoms with van der Waals surface area (Å²) in [5, 5.41) is 1.98. The molecule has 2 heterocycles. The third kappa shape index (κ3) is 3.78. The summed E-state index contributed by atoms with van der Waals surface area (Å²) in [7, 11) is 3.46. The summed E-state index contributed by atoms with van der Waals surface area (Å²) in [4.78, 5) is 44.2. The summed E-state index contributed by atoms with van der Waals surface area (Å²) >= 11 is 0. The van der Waals surface area contributed by atoms with Gasteiger partial charge in [0.15, 0.2) is 0 Å². The van der Waals surface area contributed by atoms with Crippen molar-refractivity contribution in [1.29, 1.82) is 0 Å². The lowest BCUT2D eigenvalue weighted by atomic mass is 9.94. The molecule has 2 aliphatic rings. The Hall–Kier alpha value is -2.89. The standard InChI is InChI=1S/C24H29N3O3/c1-25(2)24(30)21-13-7-15-27(21)22(28)18-10-6-14-26(16-18)23(29)20-12-5-9-17-8-3-4-11-19(17)20/h3-5,8-9,11-12,18,21H,6-7,10,13-16H2,1-2H3. The first-order valence-corrected chi connectivity index (χ1v) is 10.8. The van der Waals surface area contributed by atoms with Gasteiger partial charge >= 0.3 is 0 Å². The van der Waals surface area contributed by atoms with Crippen LogP contribution < -0.4 is 0 Å². The van der Waals surface area contributed by atoms with E-state index >= 15 is 0 Å². The molecular formula is C24H29N3O3. The molecule has 2 aliphatic heterocycles. The van der Waals surface area contributed by atoms with Crippen molar-refractivity contribution in [3.8, 4) is 0 Å². The van der Waals surface area contributed by atoms with E-state index in [2.05, 4.69) is 0 Å². The molecule has 2 aromatic rings. The zero-order valence-corrected chi connectivity index (χ0v) is 17.7. The average molecular weight is 408 g/mol. The van der Waals surface area contributed by atoms with Gasteiger partial charge in [0.25, 0.3) is 5.91 Å². The van der Waals surface area contributed by atoms with E-state index in [1.165, 1.54) is 0 Å². The quantitative estimate of drug-likeness (QED) is 0.786. The molecule has 0 bridgehead atoms. The maximum absolute atomic E-state index is 13.3. The van der Waals surface area contributed by atoms with Crippen LogP contribution in [-0.2, 0) is 9.59 Å². The smallest absolute Gasteiger partial charge is 0.254 e. The van der Waals surface area contributed by atoms with Gasteiger partial charge in [-0.15, -0.1) is 0 Å². The summed E-state index contributed by atoms with van der Waals surface area (Å²) in [5.41, 5.74) is 0.683. The summed E-state index contributed by atoms with van der Waals surface area (Å²) in [6, 6.07) is 13.3. The molecule has 0 radical (unpaired) electrons. The average Bonchev–Trinajstić information content (AvgIpc) is 3.27. The molecule has 2 aromatic carbocycles. The molecule has 6 nitrogen and oxygen atoms in total. The first-order valence-electron chi connectivity index (χ1n) is 10.8. The van der Waals surface area contributed by atoms with Crippen molar-refractivity contribution in [2.45, 2.75) is 31.7 Å². The highest BCUT2D eigenvalue weighted by molar-refractivity contribution is 6.07. The molecule has 30 heavy (non-hydrogen) atoms. The third-order valence-electron chi connectivity index (χ3n) is 6.34. The number of piperidine rings is 1. The number of carbonyl (C=O) groups excluding carboxylic acids is 3. The number of likely N-dealkylation sites (tertiary alicyclic amines) is 2. The van der Waals surface area contributed by atoms with E-state index in [0.717, 1.165) is 30.0 Å². The maximum Gasteiger partial charge on any atom is 0.254 e. The van der Waals surface area contributed by atoms with Crippen LogP contribution in [0.25, 0.3) is 10.8 Å². The van der Waals surface area contributed by atoms with Crippen molar-refractivity contribution >= 4 is 28.5 Å². The Balaban J connectivity index is 1.51. The highest BCUT2D eigenvalue weighted by Gasteiger charge is 2.39. The number of nitrogens with zero attached hydrogens (tertiary/aromatic N) is 3. The highest BCUT2D eigenvalue weighted by Crippen LogP contribution is 2.27. The largest absolute Gasteiger partial charge is 0.347 e. The zero-order valence-electron chi connectivity index (χ0n) is 17.7. The predicted octanol–water partition coefficient (Wildman–Crippen LogP) is 2.77. The molecule has 6 heteroatoms. The van der Waals surface area contributed by atoms with Gasteiger partial charge < -0.3 is 14.7 Å². The van der Waals surface area contributed by atoms with Gasteiger partial charge in [-0.05, 0) is 42.5 Å². The van der Waals surface area contributed by atoms with Crippen LogP contribution in [0.1, 0.15) is 36.0 Å². The monoisotopic (exact) mass is 407 g/mol. The number of fused-ring (bicyclic) bond motifs is 1. The second-order valence-corrected chi connectivity index (χ2v) is 8.54. The van der Waals surface area contributed by atoms with Gasteiger partial charge in [-0.3, -0.25) is 14.4 Å². The highest BCUT2D eigenvalue weighted by atomic mass is 16.2. The van der Waals surface area contributed by atoms with Crippen LogP contribution in [0.5, 0.6) is 0 Å². The molecule has 0 aromatic heterocycles. The second-order valence-electron chi connectivity index (χ2n) is 8.54. The number of likely N-dealkylation sites (N-methyl/N-ethyl adjacent to an activating group) is 1. The van der Waals surface area contributed by atoms with Crippen molar-refractivity contribution in [3.05, 3.63) is 48.0 Å². The van der Waals surface area contributed by atoms with E-state index in [0.29, 0.717) is 31.6 Å². The van der Waals surface area contributed by atoms with Crippen LogP contribution in [0.4, 0.5) is 0 Å². The Morgan fingerprint density at radius 2 is 1.67 bits per heavy atom. The van der Waals surface area contributed by atoms with E-state index in [1.807, 2.05) is 47.4 Å². The summed E-state index contributed by atoms with van der Waals surface area (Å²) in [6.07, 6.45) is 3.13. The summed E-state index contributed by atoms with van der Waals surface area (Å²) in [5.74, 6) is -0.261. The van der Waals surface area contributed by atoms with Crippen LogP contribution in [0.3, 0.4) is 0 Å². The molecule has 3 amide bonds. The molecular weight excluding hydrogens is 378 g/mol. The topological polar surface area (TPSA) is 60.9 Å². The van der Waals surface area contributed by atoms with Crippen molar-refractivity contribution in [2.75, 3.05) is 33.7 Å². The first-order chi connectivity index (χ1) is 14.5. The predicted molar refractivity (Wildman–Crippen MR) is 116 cm³/mol. The molecule has 158 valence electrons. The lowest BCUT2D eigenvalue weighted by Gasteiger charge is -2.36. The van der Waals surface area contributed by atoms with E-state index in [-0.39, 0.29) is 29.7 Å². The Morgan fingerprint density at radius 3 is 2.47 bits per heavy atom. The molecule has 2 atom stereocenters. The molecule has 0 spiro atoms. The van der Waals surface area contributed by atoms with E-state index in [1.54, 1.807) is 23.9 Å². The molecule has 4 rings (SSSR count). The van der Waals surface area contributed by atoms with E-state index in [4.69, 9.17) is 0 Å². The first kappa shape index (κ1) is 20.4. The lowest BCUT2D eigenvalue weighted by molar-refractivity contribution is -0.145. The number of hydrogen-bond acceptors (Lipinski definition) is 3. The molecule has 2 unspecified atom stereocenters. The van der Waals surface area contributed by atoms with Crippen LogP contribution in [0.2, 0.25) is 0 Å². The van der Waals surface area contributed by atoms with Gasteiger partial charge in [-0.2, -0.15) is 0 Å². The van der Waals surface area contributed by atoms with E-state index in [9.17, 15) is 14.4 Å². The van der Waals surface area contributed by atoms with Crippen molar-refractivity contribution in [2.24, 2.45) is 5.92 Å². The summed E-state index contributed by atoms with van der Waals surface area (Å²) in [6.45, 7) is 1.70. The minimum absolute atomic E-state index is 0.0136. The fourth-order valence-corrected chi connectivity index (χ4v) is 4.77. The summed E-state index contributed by atoms with van der Waals surface area (Å²) < 4.78 is 0. The van der Waals surface area contributed by atoms with Gasteiger partial charge in [0.2, 0.25) is 11.8 Å². The number of amides is 3. The second kappa shape index (κ2) is 8.46. The minimum atomic E-state index is -0.364. The van der Waals surface area contributed by atoms with Crippen molar-refractivity contribution in [1.82, 2.24) is 14.7 Å². The zero-order chi connectivity index (χ0) is 21.3. The minimum Gasteiger partial charge on any atom is -0.347 e. The van der Waals surface area contributed by atoms with E-state index < -0.39 is 0 Å². The number of hydrogen-bond donors (Lipinski definition) is 0. The van der Waals surface area contributed by atoms with Gasteiger partial charge in [0, 0.05) is 39.3 Å². The SMILES string of the molecule is CN(C)C(=O)C1CCCN1C(=O)C1CCCN(C(=O)c2cccc3ccccc23)C1. The van der Waals surface area contributed by atoms with Gasteiger partial charge in [-0.25, -0.2) is 0 Å². The Bertz CT molecular complexity index is 966. The third-order valence-corrected chi connectivity index (χ3v) is 6.34. The molecule has 2 saturated heterocycles. The number of rotatable bonds is 3. The van der Waals surface area contributed by atoms with Crippen LogP contribution >= 0.6 is 0 Å². The molecule has 0 N–H and O–H groups in total. The molecule has 2 fully saturated rings. The Morgan fingerprint density at radius 1 is 0.933 bits per heavy atom. The van der Waals surface area contributed by atoms with Crippen molar-refractivity contribution < 1.29 is 14.4 Å². The van der Waals surface area contributed by atoms with Gasteiger partial charge in [0.05, 0.1) is 5.92 Å². The van der Waals surface area contributed by atoms with Crippen LogP contribution in [0.15, 0.2) is 42.5 Å². The fraction of sp³-hybridized carbons (Fsp3) is 0.458. The molecule has 0 saturated carbocycles. The van der Waals surface area contributed by atoms with Crippen LogP contribution in [0, 0.1) is 5.92 Å². The Labute approximate surface area is 177 Å². The van der Waals surface area contributed by atoms with Gasteiger partial charge in [-0.1, -0.05) is 36.4 Å². The van der Waals surface area contributed by atoms with Crippen molar-refractivity contribution in [3.63, 3.8) is 0 Å². The normalized spacial score (nSPS) is 21.7. The lowest BCUT2D eigenvalue weighted by Crippen LogP contribution is -2.51. The van der Waals surface area contributed by atoms with Gasteiger partial charge in [0.1, 0.15) is 6.04 Å². The Kier molecular flexibility index (Phi) is 5.75. The van der Waals surface area contributed by atoms with Crippen LogP contribution in [-0.4, -0.2) is 72.2 Å². The molecule has 0 aliphatic carbocycles. The maximum atomic E-state index is 13.3. The fourth-order valence-electron chi connectivity index (χ4n) is 4.77.